The Hall–Kier alpha value is -3.73. The number of carbonyl (C=O) groups is 1. The summed E-state index contributed by atoms with van der Waals surface area (Å²) in [7, 11) is 5.29. The lowest BCUT2D eigenvalue weighted by molar-refractivity contribution is -0.122. The van der Waals surface area contributed by atoms with Crippen molar-refractivity contribution in [2.75, 3.05) is 14.2 Å². The van der Waals surface area contributed by atoms with Crippen LogP contribution in [-0.4, -0.2) is 24.7 Å². The minimum atomic E-state index is -0.419. The maximum absolute atomic E-state index is 13.4. The number of nitrogens with zero attached hydrogens (tertiary/aromatic N) is 1. The van der Waals surface area contributed by atoms with Crippen molar-refractivity contribution in [1.29, 1.82) is 0 Å². The number of hydrogen-bond donors (Lipinski definition) is 1. The summed E-state index contributed by atoms with van der Waals surface area (Å²) in [6.45, 7) is 1.93. The summed E-state index contributed by atoms with van der Waals surface area (Å²) in [5.41, 5.74) is 3.86. The van der Waals surface area contributed by atoms with Crippen LogP contribution in [0.4, 0.5) is 0 Å². The minimum absolute atomic E-state index is 0.0675. The fraction of sp³-hybridized carbons (Fsp3) is 0.222. The number of rotatable bonds is 7. The van der Waals surface area contributed by atoms with Gasteiger partial charge in [-0.3, -0.25) is 4.79 Å². The molecular weight excluding hydrogens is 400 g/mol. The Kier molecular flexibility index (Phi) is 6.17. The number of carbonyl (C=O) groups excluding carboxylic acids is 1. The first kappa shape index (κ1) is 21.5. The molecule has 0 fully saturated rings. The average molecular weight is 429 g/mol. The van der Waals surface area contributed by atoms with Gasteiger partial charge in [-0.15, -0.1) is 0 Å². The van der Waals surface area contributed by atoms with E-state index in [-0.39, 0.29) is 11.8 Å². The second-order valence-corrected chi connectivity index (χ2v) is 7.89. The van der Waals surface area contributed by atoms with Gasteiger partial charge in [0.1, 0.15) is 11.5 Å². The van der Waals surface area contributed by atoms with E-state index >= 15 is 0 Å². The number of ether oxygens (including phenoxy) is 2. The summed E-state index contributed by atoms with van der Waals surface area (Å²) in [6.07, 6.45) is 2.03. The zero-order valence-corrected chi connectivity index (χ0v) is 18.8. The van der Waals surface area contributed by atoms with E-state index in [4.69, 9.17) is 9.47 Å². The molecule has 1 aromatic heterocycles. The molecule has 1 N–H and O–H groups in total. The molecule has 3 aromatic carbocycles. The van der Waals surface area contributed by atoms with Gasteiger partial charge in [-0.2, -0.15) is 0 Å². The quantitative estimate of drug-likeness (QED) is 0.440. The first-order chi connectivity index (χ1) is 15.5. The van der Waals surface area contributed by atoms with Gasteiger partial charge >= 0.3 is 0 Å². The number of nitrogens with one attached hydrogen (secondary N) is 1. The fourth-order valence-electron chi connectivity index (χ4n) is 4.12. The van der Waals surface area contributed by atoms with Crippen molar-refractivity contribution in [3.8, 4) is 11.5 Å². The molecule has 0 aliphatic rings. The molecule has 1 unspecified atom stereocenters. The Morgan fingerprint density at radius 1 is 0.875 bits per heavy atom. The van der Waals surface area contributed by atoms with Crippen LogP contribution in [0, 0.1) is 0 Å². The van der Waals surface area contributed by atoms with Gasteiger partial charge in [0.2, 0.25) is 5.91 Å². The van der Waals surface area contributed by atoms with E-state index in [2.05, 4.69) is 28.1 Å². The van der Waals surface area contributed by atoms with Crippen molar-refractivity contribution in [2.45, 2.75) is 18.9 Å². The predicted molar refractivity (Wildman–Crippen MR) is 127 cm³/mol. The molecular formula is C27H28N2O3. The molecule has 164 valence electrons. The molecule has 0 radical (unpaired) electrons. The van der Waals surface area contributed by atoms with Gasteiger partial charge < -0.3 is 19.4 Å². The van der Waals surface area contributed by atoms with E-state index in [0.29, 0.717) is 11.5 Å². The third kappa shape index (κ3) is 4.06. The summed E-state index contributed by atoms with van der Waals surface area (Å²) in [6, 6.07) is 23.3. The van der Waals surface area contributed by atoms with Gasteiger partial charge in [0.25, 0.3) is 0 Å². The van der Waals surface area contributed by atoms with Crippen LogP contribution in [0.1, 0.15) is 35.6 Å². The highest BCUT2D eigenvalue weighted by molar-refractivity contribution is 5.87. The average Bonchev–Trinajstić information content (AvgIpc) is 3.21. The van der Waals surface area contributed by atoms with E-state index in [1.54, 1.807) is 14.2 Å². The van der Waals surface area contributed by atoms with Gasteiger partial charge in [0, 0.05) is 29.9 Å². The van der Waals surface area contributed by atoms with Gasteiger partial charge in [-0.05, 0) is 48.2 Å². The van der Waals surface area contributed by atoms with Gasteiger partial charge in [-0.25, -0.2) is 0 Å². The van der Waals surface area contributed by atoms with Crippen LogP contribution < -0.4 is 14.8 Å². The first-order valence-corrected chi connectivity index (χ1v) is 10.6. The molecule has 0 aliphatic carbocycles. The van der Waals surface area contributed by atoms with E-state index in [9.17, 15) is 4.79 Å². The van der Waals surface area contributed by atoms with E-state index < -0.39 is 6.04 Å². The number of benzene rings is 3. The largest absolute Gasteiger partial charge is 0.496 e. The lowest BCUT2D eigenvalue weighted by Gasteiger charge is -2.25. The maximum Gasteiger partial charge on any atom is 0.228 e. The third-order valence-corrected chi connectivity index (χ3v) is 5.99. The second-order valence-electron chi connectivity index (χ2n) is 7.89. The van der Waals surface area contributed by atoms with Crippen LogP contribution in [0.2, 0.25) is 0 Å². The molecule has 0 saturated carbocycles. The number of amides is 1. The molecule has 1 amide bonds. The van der Waals surface area contributed by atoms with Crippen molar-refractivity contribution < 1.29 is 14.3 Å². The van der Waals surface area contributed by atoms with Crippen LogP contribution >= 0.6 is 0 Å². The van der Waals surface area contributed by atoms with Gasteiger partial charge in [0.15, 0.2) is 0 Å². The van der Waals surface area contributed by atoms with Crippen LogP contribution in [0.3, 0.4) is 0 Å². The predicted octanol–water partition coefficient (Wildman–Crippen LogP) is 5.20. The number of hydrogen-bond acceptors (Lipinski definition) is 3. The number of aromatic nitrogens is 1. The van der Waals surface area contributed by atoms with Crippen molar-refractivity contribution in [3.63, 3.8) is 0 Å². The Morgan fingerprint density at radius 3 is 2.06 bits per heavy atom. The van der Waals surface area contributed by atoms with E-state index in [1.807, 2.05) is 74.8 Å². The molecule has 4 rings (SSSR count). The van der Waals surface area contributed by atoms with E-state index in [1.165, 1.54) is 0 Å². The standard InChI is InChI=1S/C27H28N2O3/c1-18(19-13-14-23-20(17-19)15-16-29(23)2)27(30)28-26(21-9-5-7-11-24(21)31-3)22-10-6-8-12-25(22)32-4/h5-18,26H,1-4H3,(H,28,30). The molecule has 5 nitrogen and oxygen atoms in total. The zero-order valence-electron chi connectivity index (χ0n) is 18.8. The summed E-state index contributed by atoms with van der Waals surface area (Å²) in [5, 5.41) is 4.37. The van der Waals surface area contributed by atoms with Crippen LogP contribution in [0.15, 0.2) is 79.0 Å². The molecule has 0 saturated heterocycles. The molecule has 5 heteroatoms. The SMILES string of the molecule is COc1ccccc1C(NC(=O)C(C)c1ccc2c(ccn2C)c1)c1ccccc1OC. The van der Waals surface area contributed by atoms with Crippen LogP contribution in [0.25, 0.3) is 10.9 Å². The zero-order chi connectivity index (χ0) is 22.7. The topological polar surface area (TPSA) is 52.5 Å². The third-order valence-electron chi connectivity index (χ3n) is 5.99. The molecule has 4 aromatic rings. The summed E-state index contributed by atoms with van der Waals surface area (Å²) < 4.78 is 13.3. The second kappa shape index (κ2) is 9.18. The van der Waals surface area contributed by atoms with Crippen molar-refractivity contribution in [1.82, 2.24) is 9.88 Å². The smallest absolute Gasteiger partial charge is 0.228 e. The Bertz CT molecular complexity index is 1200. The lowest BCUT2D eigenvalue weighted by atomic mass is 9.94. The number of fused-ring (bicyclic) bond motifs is 1. The molecule has 1 heterocycles. The van der Waals surface area contributed by atoms with Crippen molar-refractivity contribution >= 4 is 16.8 Å². The normalized spacial score (nSPS) is 12.0. The maximum atomic E-state index is 13.4. The molecule has 32 heavy (non-hydrogen) atoms. The minimum Gasteiger partial charge on any atom is -0.496 e. The monoisotopic (exact) mass is 428 g/mol. The fourth-order valence-corrected chi connectivity index (χ4v) is 4.12. The molecule has 0 spiro atoms. The molecule has 0 aliphatic heterocycles. The van der Waals surface area contributed by atoms with Crippen LogP contribution in [0.5, 0.6) is 11.5 Å². The lowest BCUT2D eigenvalue weighted by Crippen LogP contribution is -2.33. The van der Waals surface area contributed by atoms with Crippen molar-refractivity contribution in [2.24, 2.45) is 7.05 Å². The molecule has 0 bridgehead atoms. The Labute approximate surface area is 188 Å². The number of para-hydroxylation sites is 2. The highest BCUT2D eigenvalue weighted by atomic mass is 16.5. The summed E-state index contributed by atoms with van der Waals surface area (Å²) in [5.74, 6) is 1.03. The van der Waals surface area contributed by atoms with E-state index in [0.717, 1.165) is 27.6 Å². The Balaban J connectivity index is 1.70. The number of aryl methyl sites for hydroxylation is 1. The van der Waals surface area contributed by atoms with Crippen LogP contribution in [-0.2, 0) is 11.8 Å². The number of methoxy groups -OCH3 is 2. The first-order valence-electron chi connectivity index (χ1n) is 10.6. The van der Waals surface area contributed by atoms with Gasteiger partial charge in [0.05, 0.1) is 26.2 Å². The highest BCUT2D eigenvalue weighted by Crippen LogP contribution is 2.35. The summed E-state index contributed by atoms with van der Waals surface area (Å²) in [4.78, 5) is 13.4. The van der Waals surface area contributed by atoms with Gasteiger partial charge in [-0.1, -0.05) is 42.5 Å². The molecule has 1 atom stereocenters. The van der Waals surface area contributed by atoms with Crippen molar-refractivity contribution in [3.05, 3.63) is 95.7 Å². The highest BCUT2D eigenvalue weighted by Gasteiger charge is 2.26. The Morgan fingerprint density at radius 2 is 1.47 bits per heavy atom. The summed E-state index contributed by atoms with van der Waals surface area (Å²) >= 11 is 0.